The standard InChI is InChI=1S/C14H18O4/c1-3-17-13(15)12(14(16)18-4-2)10-11-8-6-5-7-9-11/h5-9,12H,3-4,10H2,1-2H3/i10D. The zero-order chi connectivity index (χ0) is 14.3. The maximum absolute atomic E-state index is 11.8. The number of rotatable bonds is 6. The van der Waals surface area contributed by atoms with E-state index in [1.54, 1.807) is 44.2 Å². The Balaban J connectivity index is 2.95. The van der Waals surface area contributed by atoms with Gasteiger partial charge in [0, 0.05) is 1.37 Å². The van der Waals surface area contributed by atoms with E-state index in [1.807, 2.05) is 0 Å². The SMILES string of the molecule is [2H]C(c1ccccc1)C(C(=O)OCC)C(=O)OCC. The molecule has 0 N–H and O–H groups in total. The first-order valence-electron chi connectivity index (χ1n) is 6.50. The first-order chi connectivity index (χ1) is 9.11. The minimum Gasteiger partial charge on any atom is -0.465 e. The zero-order valence-corrected chi connectivity index (χ0v) is 10.6. The molecule has 0 spiro atoms. The summed E-state index contributed by atoms with van der Waals surface area (Å²) in [5.41, 5.74) is 0.577. The van der Waals surface area contributed by atoms with E-state index in [0.717, 1.165) is 0 Å². The van der Waals surface area contributed by atoms with E-state index >= 15 is 0 Å². The molecule has 0 aliphatic carbocycles. The van der Waals surface area contributed by atoms with E-state index in [4.69, 9.17) is 10.8 Å². The van der Waals surface area contributed by atoms with E-state index in [9.17, 15) is 9.59 Å². The number of hydrogen-bond acceptors (Lipinski definition) is 4. The molecule has 1 atom stereocenters. The van der Waals surface area contributed by atoms with Crippen LogP contribution < -0.4 is 0 Å². The number of esters is 2. The van der Waals surface area contributed by atoms with Crippen LogP contribution in [0, 0.1) is 5.92 Å². The second-order valence-corrected chi connectivity index (χ2v) is 3.56. The third kappa shape index (κ3) is 4.20. The highest BCUT2D eigenvalue weighted by Gasteiger charge is 2.29. The highest BCUT2D eigenvalue weighted by molar-refractivity contribution is 5.95. The van der Waals surface area contributed by atoms with Crippen molar-refractivity contribution in [3.8, 4) is 0 Å². The lowest BCUT2D eigenvalue weighted by Gasteiger charge is -2.14. The van der Waals surface area contributed by atoms with Crippen LogP contribution in [-0.2, 0) is 25.5 Å². The highest BCUT2D eigenvalue weighted by Crippen LogP contribution is 2.12. The fraction of sp³-hybridized carbons (Fsp3) is 0.429. The molecular formula is C14H18O4. The predicted octanol–water partition coefficient (Wildman–Crippen LogP) is 1.97. The van der Waals surface area contributed by atoms with E-state index in [2.05, 4.69) is 0 Å². The van der Waals surface area contributed by atoms with Crippen molar-refractivity contribution < 1.29 is 20.4 Å². The van der Waals surface area contributed by atoms with Crippen LogP contribution in [0.4, 0.5) is 0 Å². The Labute approximate surface area is 108 Å². The molecule has 0 saturated heterocycles. The van der Waals surface area contributed by atoms with Crippen LogP contribution in [-0.4, -0.2) is 25.2 Å². The molecule has 0 heterocycles. The number of carbonyl (C=O) groups excluding carboxylic acids is 2. The summed E-state index contributed by atoms with van der Waals surface area (Å²) in [5.74, 6) is -2.68. The molecule has 4 nitrogen and oxygen atoms in total. The van der Waals surface area contributed by atoms with E-state index in [1.165, 1.54) is 0 Å². The Hall–Kier alpha value is -1.84. The molecule has 0 radical (unpaired) electrons. The Morgan fingerprint density at radius 3 is 2.06 bits per heavy atom. The molecule has 0 bridgehead atoms. The van der Waals surface area contributed by atoms with Gasteiger partial charge in [0.25, 0.3) is 0 Å². The molecule has 1 aromatic rings. The lowest BCUT2D eigenvalue weighted by Crippen LogP contribution is -2.30. The van der Waals surface area contributed by atoms with Gasteiger partial charge in [-0.1, -0.05) is 30.3 Å². The average Bonchev–Trinajstić information content (AvgIpc) is 2.40. The number of ether oxygens (including phenoxy) is 2. The maximum Gasteiger partial charge on any atom is 0.320 e. The summed E-state index contributed by atoms with van der Waals surface area (Å²) in [6, 6.07) is 8.71. The summed E-state index contributed by atoms with van der Waals surface area (Å²) in [7, 11) is 0. The second-order valence-electron chi connectivity index (χ2n) is 3.56. The summed E-state index contributed by atoms with van der Waals surface area (Å²) < 4.78 is 17.8. The third-order valence-corrected chi connectivity index (χ3v) is 2.24. The zero-order valence-electron chi connectivity index (χ0n) is 11.6. The minimum absolute atomic E-state index is 0.163. The summed E-state index contributed by atoms with van der Waals surface area (Å²) >= 11 is 0. The monoisotopic (exact) mass is 251 g/mol. The molecule has 98 valence electrons. The van der Waals surface area contributed by atoms with Gasteiger partial charge in [0.05, 0.1) is 13.2 Å². The fourth-order valence-electron chi connectivity index (χ4n) is 1.45. The smallest absolute Gasteiger partial charge is 0.320 e. The van der Waals surface area contributed by atoms with Gasteiger partial charge in [-0.15, -0.1) is 0 Å². The maximum atomic E-state index is 11.8. The van der Waals surface area contributed by atoms with Crippen LogP contribution in [0.2, 0.25) is 0 Å². The molecular weight excluding hydrogens is 232 g/mol. The summed E-state index contributed by atoms with van der Waals surface area (Å²) in [6.45, 7) is 3.63. The fourth-order valence-corrected chi connectivity index (χ4v) is 1.45. The minimum atomic E-state index is -1.25. The lowest BCUT2D eigenvalue weighted by molar-refractivity contribution is -0.161. The Bertz CT molecular complexity index is 401. The van der Waals surface area contributed by atoms with Gasteiger partial charge in [0.1, 0.15) is 0 Å². The quantitative estimate of drug-likeness (QED) is 0.573. The van der Waals surface area contributed by atoms with Crippen molar-refractivity contribution in [1.82, 2.24) is 0 Å². The van der Waals surface area contributed by atoms with Crippen molar-refractivity contribution in [1.29, 1.82) is 0 Å². The first kappa shape index (κ1) is 12.6. The number of hydrogen-bond donors (Lipinski definition) is 0. The molecule has 0 fully saturated rings. The second kappa shape index (κ2) is 7.48. The van der Waals surface area contributed by atoms with E-state index < -0.39 is 24.3 Å². The van der Waals surface area contributed by atoms with Crippen LogP contribution in [0.15, 0.2) is 30.3 Å². The average molecular weight is 251 g/mol. The highest BCUT2D eigenvalue weighted by atomic mass is 16.6. The molecule has 4 heteroatoms. The van der Waals surface area contributed by atoms with Crippen molar-refractivity contribution in [2.45, 2.75) is 20.2 Å². The number of benzene rings is 1. The summed E-state index contributed by atoms with van der Waals surface area (Å²) in [6.07, 6.45) is -1.03. The van der Waals surface area contributed by atoms with Crippen molar-refractivity contribution in [3.05, 3.63) is 35.9 Å². The van der Waals surface area contributed by atoms with Gasteiger partial charge >= 0.3 is 11.9 Å². The summed E-state index contributed by atoms with van der Waals surface area (Å²) in [4.78, 5) is 23.7. The molecule has 0 aliphatic rings. The van der Waals surface area contributed by atoms with Crippen molar-refractivity contribution in [3.63, 3.8) is 0 Å². The molecule has 1 unspecified atom stereocenters. The van der Waals surface area contributed by atoms with Gasteiger partial charge < -0.3 is 9.47 Å². The topological polar surface area (TPSA) is 52.6 Å². The van der Waals surface area contributed by atoms with Gasteiger partial charge in [-0.3, -0.25) is 9.59 Å². The Kier molecular flexibility index (Phi) is 5.24. The van der Waals surface area contributed by atoms with Gasteiger partial charge in [-0.2, -0.15) is 0 Å². The lowest BCUT2D eigenvalue weighted by atomic mass is 9.99. The first-order valence-corrected chi connectivity index (χ1v) is 5.92. The Morgan fingerprint density at radius 1 is 1.11 bits per heavy atom. The molecule has 1 rings (SSSR count). The Morgan fingerprint density at radius 2 is 1.61 bits per heavy atom. The molecule has 0 amide bonds. The van der Waals surface area contributed by atoms with Gasteiger partial charge in [0.15, 0.2) is 5.92 Å². The third-order valence-electron chi connectivity index (χ3n) is 2.24. The van der Waals surface area contributed by atoms with Crippen LogP contribution in [0.1, 0.15) is 20.8 Å². The van der Waals surface area contributed by atoms with E-state index in [-0.39, 0.29) is 13.2 Å². The molecule has 0 saturated carbocycles. The van der Waals surface area contributed by atoms with E-state index in [0.29, 0.717) is 5.56 Å². The van der Waals surface area contributed by atoms with Gasteiger partial charge in [-0.25, -0.2) is 0 Å². The van der Waals surface area contributed by atoms with Crippen molar-refractivity contribution in [2.24, 2.45) is 5.92 Å². The van der Waals surface area contributed by atoms with Crippen LogP contribution in [0.5, 0.6) is 0 Å². The van der Waals surface area contributed by atoms with Gasteiger partial charge in [-0.05, 0) is 25.8 Å². The van der Waals surface area contributed by atoms with Crippen LogP contribution in [0.25, 0.3) is 0 Å². The largest absolute Gasteiger partial charge is 0.465 e. The predicted molar refractivity (Wildman–Crippen MR) is 66.9 cm³/mol. The van der Waals surface area contributed by atoms with Crippen LogP contribution >= 0.6 is 0 Å². The molecule has 0 aliphatic heterocycles. The molecule has 0 aromatic heterocycles. The van der Waals surface area contributed by atoms with Crippen LogP contribution in [0.3, 0.4) is 0 Å². The van der Waals surface area contributed by atoms with Crippen molar-refractivity contribution in [2.75, 3.05) is 13.2 Å². The normalized spacial score (nSPS) is 12.7. The molecule has 1 aromatic carbocycles. The van der Waals surface area contributed by atoms with Gasteiger partial charge in [0.2, 0.25) is 0 Å². The van der Waals surface area contributed by atoms with Crippen molar-refractivity contribution >= 4 is 11.9 Å². The number of carbonyl (C=O) groups is 2. The molecule has 18 heavy (non-hydrogen) atoms. The summed E-state index contributed by atoms with van der Waals surface area (Å²) in [5, 5.41) is 0.